The molecule has 11 heteroatoms. The Bertz CT molecular complexity index is 1210. The van der Waals surface area contributed by atoms with Gasteiger partial charge in [-0.25, -0.2) is 9.97 Å². The van der Waals surface area contributed by atoms with Gasteiger partial charge in [0.25, 0.3) is 0 Å². The van der Waals surface area contributed by atoms with Crippen LogP contribution in [-0.2, 0) is 0 Å². The third-order valence-corrected chi connectivity index (χ3v) is 14.6. The van der Waals surface area contributed by atoms with Gasteiger partial charge in [0, 0.05) is 23.0 Å². The summed E-state index contributed by atoms with van der Waals surface area (Å²) in [5, 5.41) is 0. The molecule has 0 aliphatic rings. The SMILES string of the molecule is S=c1sc(SCCSc2nc3ccccc3s2)c(SCCSc2nc3ccccc3s2)s1. The van der Waals surface area contributed by atoms with Crippen molar-refractivity contribution in [2.45, 2.75) is 17.1 Å². The number of aromatic nitrogens is 2. The summed E-state index contributed by atoms with van der Waals surface area (Å²) in [6, 6.07) is 16.7. The molecule has 0 radical (unpaired) electrons. The lowest BCUT2D eigenvalue weighted by Crippen LogP contribution is -1.85. The van der Waals surface area contributed by atoms with E-state index in [1.165, 1.54) is 17.8 Å². The van der Waals surface area contributed by atoms with E-state index in [0.717, 1.165) is 45.9 Å². The van der Waals surface area contributed by atoms with Crippen LogP contribution in [0.1, 0.15) is 0 Å². The van der Waals surface area contributed by atoms with Crippen LogP contribution in [0.5, 0.6) is 0 Å². The Morgan fingerprint density at radius 1 is 0.594 bits per heavy atom. The fourth-order valence-corrected chi connectivity index (χ4v) is 13.3. The van der Waals surface area contributed by atoms with E-state index in [-0.39, 0.29) is 0 Å². The fraction of sp³-hybridized carbons (Fsp3) is 0.190. The van der Waals surface area contributed by atoms with Crippen molar-refractivity contribution in [2.75, 3.05) is 23.0 Å². The molecule has 0 atom stereocenters. The Hall–Kier alpha value is -0.110. The smallest absolute Gasteiger partial charge is 0.151 e. The molecule has 0 fully saturated rings. The van der Waals surface area contributed by atoms with E-state index in [1.807, 2.05) is 59.2 Å². The van der Waals surface area contributed by atoms with Crippen LogP contribution < -0.4 is 0 Å². The first kappa shape index (κ1) is 23.6. The lowest BCUT2D eigenvalue weighted by molar-refractivity contribution is 1.30. The monoisotopic (exact) mass is 584 g/mol. The highest BCUT2D eigenvalue weighted by atomic mass is 32.2. The molecule has 3 heterocycles. The molecule has 3 aromatic heterocycles. The largest absolute Gasteiger partial charge is 0.230 e. The lowest BCUT2D eigenvalue weighted by atomic mass is 10.3. The number of thiazole rings is 2. The molecule has 0 bridgehead atoms. The molecule has 5 rings (SSSR count). The Morgan fingerprint density at radius 3 is 1.50 bits per heavy atom. The Kier molecular flexibility index (Phi) is 8.52. The van der Waals surface area contributed by atoms with Crippen LogP contribution in [0.2, 0.25) is 0 Å². The molecule has 2 aromatic carbocycles. The maximum atomic E-state index is 5.49. The van der Waals surface area contributed by atoms with Crippen LogP contribution in [0.4, 0.5) is 0 Å². The highest BCUT2D eigenvalue weighted by Gasteiger charge is 2.11. The topological polar surface area (TPSA) is 25.8 Å². The van der Waals surface area contributed by atoms with E-state index in [1.54, 1.807) is 45.3 Å². The van der Waals surface area contributed by atoms with Crippen LogP contribution in [0.25, 0.3) is 20.4 Å². The first-order valence-electron chi connectivity index (χ1n) is 9.61. The minimum absolute atomic E-state index is 1.02. The Labute approximate surface area is 224 Å². The number of fused-ring (bicyclic) bond motifs is 2. The van der Waals surface area contributed by atoms with Gasteiger partial charge in [-0.2, -0.15) is 0 Å². The van der Waals surface area contributed by atoms with Gasteiger partial charge in [-0.15, -0.1) is 68.9 Å². The highest BCUT2D eigenvalue weighted by molar-refractivity contribution is 8.07. The van der Waals surface area contributed by atoms with E-state index in [4.69, 9.17) is 22.2 Å². The van der Waals surface area contributed by atoms with Gasteiger partial charge < -0.3 is 0 Å². The number of hydrogen-bond acceptors (Lipinski definition) is 11. The first-order chi connectivity index (χ1) is 15.7. The van der Waals surface area contributed by atoms with Gasteiger partial charge in [-0.3, -0.25) is 0 Å². The number of rotatable bonds is 10. The number of thioether (sulfide) groups is 4. The van der Waals surface area contributed by atoms with Crippen LogP contribution in [-0.4, -0.2) is 33.0 Å². The van der Waals surface area contributed by atoms with Crippen molar-refractivity contribution < 1.29 is 0 Å². The molecular weight excluding hydrogens is 569 g/mol. The molecule has 0 N–H and O–H groups in total. The average molecular weight is 585 g/mol. The van der Waals surface area contributed by atoms with Gasteiger partial charge in [0.1, 0.15) is 3.14 Å². The van der Waals surface area contributed by atoms with E-state index in [0.29, 0.717) is 0 Å². The van der Waals surface area contributed by atoms with Crippen molar-refractivity contribution in [1.29, 1.82) is 0 Å². The average Bonchev–Trinajstić information content (AvgIpc) is 3.49. The van der Waals surface area contributed by atoms with Crippen molar-refractivity contribution in [1.82, 2.24) is 9.97 Å². The van der Waals surface area contributed by atoms with Crippen molar-refractivity contribution >= 4 is 125 Å². The van der Waals surface area contributed by atoms with E-state index < -0.39 is 0 Å². The van der Waals surface area contributed by atoms with Crippen LogP contribution in [0, 0.1) is 3.14 Å². The van der Waals surface area contributed by atoms with Crippen molar-refractivity contribution in [3.63, 3.8) is 0 Å². The normalized spacial score (nSPS) is 11.6. The van der Waals surface area contributed by atoms with E-state index >= 15 is 0 Å². The van der Waals surface area contributed by atoms with Gasteiger partial charge in [0.2, 0.25) is 0 Å². The quantitative estimate of drug-likeness (QED) is 0.0916. The fourth-order valence-electron chi connectivity index (χ4n) is 2.78. The lowest BCUT2D eigenvalue weighted by Gasteiger charge is -2.02. The number of para-hydroxylation sites is 2. The second kappa shape index (κ2) is 11.5. The summed E-state index contributed by atoms with van der Waals surface area (Å²) in [6.07, 6.45) is 0. The molecule has 0 amide bonds. The Morgan fingerprint density at radius 2 is 1.03 bits per heavy atom. The summed E-state index contributed by atoms with van der Waals surface area (Å²) >= 11 is 20.1. The van der Waals surface area contributed by atoms with Gasteiger partial charge in [-0.1, -0.05) is 60.0 Å². The molecule has 0 saturated heterocycles. The number of benzene rings is 2. The summed E-state index contributed by atoms with van der Waals surface area (Å²) in [4.78, 5) is 9.43. The van der Waals surface area contributed by atoms with Crippen molar-refractivity contribution in [3.8, 4) is 0 Å². The maximum absolute atomic E-state index is 5.49. The second-order valence-electron chi connectivity index (χ2n) is 6.32. The van der Waals surface area contributed by atoms with Crippen LogP contribution in [0.15, 0.2) is 65.6 Å². The van der Waals surface area contributed by atoms with E-state index in [2.05, 4.69) is 36.4 Å². The van der Waals surface area contributed by atoms with Crippen LogP contribution in [0.3, 0.4) is 0 Å². The van der Waals surface area contributed by atoms with E-state index in [9.17, 15) is 0 Å². The second-order valence-corrected chi connectivity index (χ2v) is 17.0. The van der Waals surface area contributed by atoms with Gasteiger partial charge in [0.15, 0.2) is 8.68 Å². The predicted molar refractivity (Wildman–Crippen MR) is 155 cm³/mol. The zero-order valence-electron chi connectivity index (χ0n) is 16.5. The Balaban J connectivity index is 1.09. The molecule has 32 heavy (non-hydrogen) atoms. The van der Waals surface area contributed by atoms with Crippen LogP contribution >= 0.6 is 105 Å². The number of hydrogen-bond donors (Lipinski definition) is 0. The summed E-state index contributed by atoms with van der Waals surface area (Å²) in [5.41, 5.74) is 2.21. The zero-order chi connectivity index (χ0) is 21.8. The highest BCUT2D eigenvalue weighted by Crippen LogP contribution is 2.42. The van der Waals surface area contributed by atoms with Gasteiger partial charge in [-0.05, 0) is 24.3 Å². The van der Waals surface area contributed by atoms with Crippen molar-refractivity contribution in [3.05, 3.63) is 51.7 Å². The van der Waals surface area contributed by atoms with Gasteiger partial charge in [0.05, 0.1) is 28.9 Å². The summed E-state index contributed by atoms with van der Waals surface area (Å²) in [6.45, 7) is 0. The minimum Gasteiger partial charge on any atom is -0.230 e. The number of nitrogens with zero attached hydrogens (tertiary/aromatic N) is 2. The maximum Gasteiger partial charge on any atom is 0.151 e. The molecule has 0 saturated carbocycles. The molecule has 164 valence electrons. The zero-order valence-corrected chi connectivity index (χ0v) is 23.9. The minimum atomic E-state index is 1.02. The molecule has 0 spiro atoms. The molecule has 5 aromatic rings. The third-order valence-electron chi connectivity index (χ3n) is 4.15. The first-order valence-corrected chi connectivity index (χ1v) is 17.2. The summed E-state index contributed by atoms with van der Waals surface area (Å²) in [5.74, 6) is 4.24. The standard InChI is InChI=1S/C21H16N2S9/c24-21-31-17(25-9-11-27-19-22-13-5-1-3-7-15(13)29-19)18(32-21)26-10-12-28-20-23-14-6-2-4-8-16(14)30-20/h1-8H,9-12H2. The predicted octanol–water partition coefficient (Wildman–Crippen LogP) is 9.53. The summed E-state index contributed by atoms with van der Waals surface area (Å²) < 4.78 is 8.62. The van der Waals surface area contributed by atoms with Gasteiger partial charge >= 0.3 is 0 Å². The summed E-state index contributed by atoms with van der Waals surface area (Å²) in [7, 11) is 0. The molecule has 0 unspecified atom stereocenters. The molecule has 0 aliphatic carbocycles. The molecular formula is C21H16N2S9. The van der Waals surface area contributed by atoms with Crippen molar-refractivity contribution in [2.24, 2.45) is 0 Å². The molecule has 2 nitrogen and oxygen atoms in total. The molecule has 0 aliphatic heterocycles. The third kappa shape index (κ3) is 6.11.